The first kappa shape index (κ1) is 17.0. The molecule has 4 aromatic rings. The van der Waals surface area contributed by atoms with Crippen LogP contribution in [-0.4, -0.2) is 22.2 Å². The number of benzene rings is 2. The molecule has 2 N–H and O–H groups in total. The Bertz CT molecular complexity index is 1150. The molecular weight excluding hydrogens is 370 g/mol. The number of ether oxygens (including phenoxy) is 1. The van der Waals surface area contributed by atoms with E-state index in [2.05, 4.69) is 38.9 Å². The molecule has 1 atom stereocenters. The van der Waals surface area contributed by atoms with Crippen LogP contribution in [0.1, 0.15) is 23.6 Å². The molecule has 0 spiro atoms. The zero-order valence-electron chi connectivity index (χ0n) is 15.3. The van der Waals surface area contributed by atoms with E-state index < -0.39 is 0 Å². The van der Waals surface area contributed by atoms with Gasteiger partial charge in [0.15, 0.2) is 0 Å². The van der Waals surface area contributed by atoms with E-state index in [1.165, 1.54) is 0 Å². The van der Waals surface area contributed by atoms with E-state index in [4.69, 9.17) is 4.74 Å². The van der Waals surface area contributed by atoms with Crippen LogP contribution in [0.3, 0.4) is 0 Å². The van der Waals surface area contributed by atoms with Gasteiger partial charge >= 0.3 is 0 Å². The highest BCUT2D eigenvalue weighted by Crippen LogP contribution is 2.41. The minimum Gasteiger partial charge on any atom is -0.508 e. The van der Waals surface area contributed by atoms with Crippen molar-refractivity contribution in [2.75, 3.05) is 12.4 Å². The quantitative estimate of drug-likeness (QED) is 0.504. The molecule has 0 unspecified atom stereocenters. The molecule has 2 aromatic heterocycles. The van der Waals surface area contributed by atoms with Gasteiger partial charge < -0.3 is 15.2 Å². The minimum absolute atomic E-state index is 0.129. The van der Waals surface area contributed by atoms with Crippen molar-refractivity contribution in [3.8, 4) is 22.6 Å². The second-order valence-electron chi connectivity index (χ2n) is 6.86. The molecule has 0 fully saturated rings. The Morgan fingerprint density at radius 2 is 2.00 bits per heavy atom. The van der Waals surface area contributed by atoms with E-state index in [1.54, 1.807) is 30.8 Å². The molecule has 2 aromatic carbocycles. The molecule has 1 aliphatic carbocycles. The van der Waals surface area contributed by atoms with Crippen molar-refractivity contribution in [2.24, 2.45) is 0 Å². The number of hydrogen-bond acceptors (Lipinski definition) is 6. The average Bonchev–Trinajstić information content (AvgIpc) is 3.34. The van der Waals surface area contributed by atoms with Crippen molar-refractivity contribution >= 4 is 27.4 Å². The molecule has 0 aliphatic heterocycles. The van der Waals surface area contributed by atoms with Gasteiger partial charge in [0.1, 0.15) is 28.5 Å². The van der Waals surface area contributed by atoms with Crippen LogP contribution in [0.25, 0.3) is 21.3 Å². The van der Waals surface area contributed by atoms with Gasteiger partial charge in [-0.15, -0.1) is 11.3 Å². The fourth-order valence-corrected chi connectivity index (χ4v) is 4.83. The Balaban J connectivity index is 1.56. The lowest BCUT2D eigenvalue weighted by molar-refractivity contribution is 0.415. The maximum absolute atomic E-state index is 10.1. The average molecular weight is 389 g/mol. The summed E-state index contributed by atoms with van der Waals surface area (Å²) in [5.74, 6) is 2.04. The molecule has 140 valence electrons. The van der Waals surface area contributed by atoms with Gasteiger partial charge in [0.25, 0.3) is 0 Å². The highest BCUT2D eigenvalue weighted by Gasteiger charge is 2.26. The molecule has 0 saturated heterocycles. The summed E-state index contributed by atoms with van der Waals surface area (Å²) in [4.78, 5) is 9.97. The standard InChI is InChI=1S/C22H19N3O2S/c1-27-14-7-5-13(6-8-14)17-11-28-22-20(17)21(23-12-24-22)25-18-10-9-16-15(18)3-2-4-19(16)26/h2-8,11-12,18,26H,9-10H2,1H3,(H,23,24,25)/t18-/m0/s1. The first-order chi connectivity index (χ1) is 13.7. The molecule has 0 radical (unpaired) electrons. The van der Waals surface area contributed by atoms with E-state index in [0.717, 1.165) is 56.9 Å². The van der Waals surface area contributed by atoms with Crippen LogP contribution in [0, 0.1) is 0 Å². The zero-order valence-corrected chi connectivity index (χ0v) is 16.2. The van der Waals surface area contributed by atoms with Gasteiger partial charge in [-0.25, -0.2) is 9.97 Å². The Morgan fingerprint density at radius 1 is 1.14 bits per heavy atom. The summed E-state index contributed by atoms with van der Waals surface area (Å²) < 4.78 is 5.27. The van der Waals surface area contributed by atoms with E-state index in [-0.39, 0.29) is 6.04 Å². The highest BCUT2D eigenvalue weighted by molar-refractivity contribution is 7.17. The fourth-order valence-electron chi connectivity index (χ4n) is 3.92. The summed E-state index contributed by atoms with van der Waals surface area (Å²) in [5.41, 5.74) is 4.40. The van der Waals surface area contributed by atoms with E-state index in [1.807, 2.05) is 18.2 Å². The first-order valence-electron chi connectivity index (χ1n) is 9.18. The molecule has 5 nitrogen and oxygen atoms in total. The number of nitrogens with zero attached hydrogens (tertiary/aromatic N) is 2. The molecular formula is C22H19N3O2S. The van der Waals surface area contributed by atoms with Crippen LogP contribution in [0.15, 0.2) is 54.2 Å². The lowest BCUT2D eigenvalue weighted by Gasteiger charge is -2.16. The normalized spacial score (nSPS) is 15.5. The van der Waals surface area contributed by atoms with Crippen molar-refractivity contribution in [1.29, 1.82) is 0 Å². The van der Waals surface area contributed by atoms with Gasteiger partial charge in [-0.3, -0.25) is 0 Å². The summed E-state index contributed by atoms with van der Waals surface area (Å²) in [5, 5.41) is 16.9. The Labute approximate surface area is 166 Å². The molecule has 0 bridgehead atoms. The molecule has 0 amide bonds. The third-order valence-electron chi connectivity index (χ3n) is 5.33. The topological polar surface area (TPSA) is 67.3 Å². The number of anilines is 1. The molecule has 6 heteroatoms. The molecule has 5 rings (SSSR count). The largest absolute Gasteiger partial charge is 0.508 e. The molecule has 2 heterocycles. The number of hydrogen-bond donors (Lipinski definition) is 2. The summed E-state index contributed by atoms with van der Waals surface area (Å²) >= 11 is 1.62. The van der Waals surface area contributed by atoms with Crippen LogP contribution < -0.4 is 10.1 Å². The van der Waals surface area contributed by atoms with E-state index in [9.17, 15) is 5.11 Å². The number of aromatic hydroxyl groups is 1. The number of aromatic nitrogens is 2. The van der Waals surface area contributed by atoms with Crippen molar-refractivity contribution < 1.29 is 9.84 Å². The van der Waals surface area contributed by atoms with Gasteiger partial charge in [-0.2, -0.15) is 0 Å². The minimum atomic E-state index is 0.129. The van der Waals surface area contributed by atoms with Crippen LogP contribution in [0.2, 0.25) is 0 Å². The SMILES string of the molecule is COc1ccc(-c2csc3ncnc(N[C@H]4CCc5c(O)cccc54)c23)cc1. The maximum Gasteiger partial charge on any atom is 0.139 e. The third-order valence-corrected chi connectivity index (χ3v) is 6.21. The summed E-state index contributed by atoms with van der Waals surface area (Å²) in [6, 6.07) is 13.9. The van der Waals surface area contributed by atoms with Crippen LogP contribution in [-0.2, 0) is 6.42 Å². The van der Waals surface area contributed by atoms with E-state index in [0.29, 0.717) is 5.75 Å². The number of phenolic OH excluding ortho intramolecular Hbond substituents is 1. The summed E-state index contributed by atoms with van der Waals surface area (Å²) in [6.45, 7) is 0. The fraction of sp³-hybridized carbons (Fsp3) is 0.182. The van der Waals surface area contributed by atoms with Gasteiger partial charge in [0.2, 0.25) is 0 Å². The number of phenols is 1. The van der Waals surface area contributed by atoms with Crippen molar-refractivity contribution in [3.05, 3.63) is 65.3 Å². The maximum atomic E-state index is 10.1. The lowest BCUT2D eigenvalue weighted by atomic mass is 10.0. The second-order valence-corrected chi connectivity index (χ2v) is 7.72. The van der Waals surface area contributed by atoms with Crippen LogP contribution in [0.4, 0.5) is 5.82 Å². The number of nitrogens with one attached hydrogen (secondary N) is 1. The van der Waals surface area contributed by atoms with Crippen LogP contribution in [0.5, 0.6) is 11.5 Å². The van der Waals surface area contributed by atoms with Crippen molar-refractivity contribution in [3.63, 3.8) is 0 Å². The molecule has 1 aliphatic rings. The second kappa shape index (κ2) is 6.80. The molecule has 0 saturated carbocycles. The van der Waals surface area contributed by atoms with Gasteiger partial charge in [0, 0.05) is 10.9 Å². The summed E-state index contributed by atoms with van der Waals surface area (Å²) in [6.07, 6.45) is 3.40. The predicted molar refractivity (Wildman–Crippen MR) is 112 cm³/mol. The zero-order chi connectivity index (χ0) is 19.1. The van der Waals surface area contributed by atoms with Crippen LogP contribution >= 0.6 is 11.3 Å². The summed E-state index contributed by atoms with van der Waals surface area (Å²) in [7, 11) is 1.67. The van der Waals surface area contributed by atoms with Crippen molar-refractivity contribution in [2.45, 2.75) is 18.9 Å². The number of thiophene rings is 1. The third kappa shape index (κ3) is 2.77. The number of methoxy groups -OCH3 is 1. The number of rotatable bonds is 4. The monoisotopic (exact) mass is 389 g/mol. The smallest absolute Gasteiger partial charge is 0.139 e. The van der Waals surface area contributed by atoms with E-state index >= 15 is 0 Å². The first-order valence-corrected chi connectivity index (χ1v) is 10.1. The Kier molecular flexibility index (Phi) is 4.13. The lowest BCUT2D eigenvalue weighted by Crippen LogP contribution is -2.09. The van der Waals surface area contributed by atoms with Gasteiger partial charge in [-0.1, -0.05) is 24.3 Å². The number of fused-ring (bicyclic) bond motifs is 2. The van der Waals surface area contributed by atoms with Crippen molar-refractivity contribution in [1.82, 2.24) is 9.97 Å². The highest BCUT2D eigenvalue weighted by atomic mass is 32.1. The van der Waals surface area contributed by atoms with Gasteiger partial charge in [-0.05, 0) is 47.7 Å². The Hall–Kier alpha value is -3.12. The molecule has 28 heavy (non-hydrogen) atoms. The Morgan fingerprint density at radius 3 is 2.82 bits per heavy atom. The van der Waals surface area contributed by atoms with Gasteiger partial charge in [0.05, 0.1) is 18.5 Å². The predicted octanol–water partition coefficient (Wildman–Crippen LogP) is 5.17.